The molecule has 0 aliphatic heterocycles. The Bertz CT molecular complexity index is 868. The molecule has 2 heterocycles. The van der Waals surface area contributed by atoms with Gasteiger partial charge in [0.25, 0.3) is 0 Å². The van der Waals surface area contributed by atoms with Crippen LogP contribution in [0.3, 0.4) is 0 Å². The molecule has 0 spiro atoms. The minimum Gasteiger partial charge on any atom is -0.503 e. The molecule has 0 aliphatic carbocycles. The van der Waals surface area contributed by atoms with Gasteiger partial charge in [0.2, 0.25) is 0 Å². The third-order valence-corrected chi connectivity index (χ3v) is 5.46. The SMILES string of the molecule is COc1cc(CN(Cc2ccccn2)Cc2sccc2C)cc(Cl)c1O. The summed E-state index contributed by atoms with van der Waals surface area (Å²) in [5.41, 5.74) is 3.29. The predicted octanol–water partition coefficient (Wildman–Crippen LogP) is 5.02. The minimum atomic E-state index is -0.0247. The number of thiophene rings is 1. The molecular weight excluding hydrogens is 368 g/mol. The number of benzene rings is 1. The normalized spacial score (nSPS) is 11.1. The van der Waals surface area contributed by atoms with E-state index in [1.54, 1.807) is 17.4 Å². The fourth-order valence-corrected chi connectivity index (χ4v) is 3.97. The van der Waals surface area contributed by atoms with Gasteiger partial charge in [0.15, 0.2) is 11.5 Å². The number of aryl methyl sites for hydroxylation is 1. The van der Waals surface area contributed by atoms with E-state index in [0.29, 0.717) is 17.3 Å². The molecule has 2 aromatic heterocycles. The second kappa shape index (κ2) is 8.54. The van der Waals surface area contributed by atoms with Crippen molar-refractivity contribution in [1.29, 1.82) is 0 Å². The minimum absolute atomic E-state index is 0.0247. The van der Waals surface area contributed by atoms with E-state index in [9.17, 15) is 5.11 Å². The van der Waals surface area contributed by atoms with Crippen molar-refractivity contribution < 1.29 is 9.84 Å². The van der Waals surface area contributed by atoms with Gasteiger partial charge in [-0.15, -0.1) is 11.3 Å². The van der Waals surface area contributed by atoms with Crippen LogP contribution < -0.4 is 4.74 Å². The van der Waals surface area contributed by atoms with Crippen LogP contribution in [0.15, 0.2) is 48.0 Å². The first-order valence-electron chi connectivity index (χ1n) is 8.27. The molecule has 26 heavy (non-hydrogen) atoms. The zero-order chi connectivity index (χ0) is 18.5. The molecule has 0 bridgehead atoms. The first-order valence-corrected chi connectivity index (χ1v) is 9.53. The molecule has 0 saturated carbocycles. The Morgan fingerprint density at radius 3 is 2.69 bits per heavy atom. The molecule has 0 aliphatic rings. The summed E-state index contributed by atoms with van der Waals surface area (Å²) >= 11 is 7.91. The first kappa shape index (κ1) is 18.7. The van der Waals surface area contributed by atoms with E-state index in [-0.39, 0.29) is 5.75 Å². The van der Waals surface area contributed by atoms with E-state index in [1.807, 2.05) is 30.5 Å². The zero-order valence-corrected chi connectivity index (χ0v) is 16.3. The third-order valence-electron chi connectivity index (χ3n) is 4.16. The van der Waals surface area contributed by atoms with Gasteiger partial charge >= 0.3 is 0 Å². The largest absolute Gasteiger partial charge is 0.503 e. The number of hydrogen-bond acceptors (Lipinski definition) is 5. The van der Waals surface area contributed by atoms with E-state index in [2.05, 4.69) is 28.3 Å². The molecule has 0 unspecified atom stereocenters. The van der Waals surface area contributed by atoms with Crippen molar-refractivity contribution in [3.05, 3.63) is 74.7 Å². The van der Waals surface area contributed by atoms with Gasteiger partial charge in [-0.05, 0) is 53.8 Å². The molecule has 1 N–H and O–H groups in total. The average molecular weight is 389 g/mol. The molecule has 6 heteroatoms. The maximum absolute atomic E-state index is 9.96. The summed E-state index contributed by atoms with van der Waals surface area (Å²) in [7, 11) is 1.52. The Labute approximate surface area is 162 Å². The van der Waals surface area contributed by atoms with Crippen LogP contribution in [0.2, 0.25) is 5.02 Å². The van der Waals surface area contributed by atoms with Crippen LogP contribution in [0.5, 0.6) is 11.5 Å². The Hall–Kier alpha value is -2.08. The molecule has 0 amide bonds. The van der Waals surface area contributed by atoms with E-state index >= 15 is 0 Å². The number of methoxy groups -OCH3 is 1. The summed E-state index contributed by atoms with van der Waals surface area (Å²) in [6, 6.07) is 11.7. The smallest absolute Gasteiger partial charge is 0.176 e. The molecule has 0 atom stereocenters. The van der Waals surface area contributed by atoms with Gasteiger partial charge in [0.05, 0.1) is 17.8 Å². The van der Waals surface area contributed by atoms with Gasteiger partial charge in [-0.3, -0.25) is 9.88 Å². The molecule has 0 radical (unpaired) electrons. The van der Waals surface area contributed by atoms with Crippen LogP contribution in [-0.2, 0) is 19.6 Å². The van der Waals surface area contributed by atoms with Crippen molar-refractivity contribution in [1.82, 2.24) is 9.88 Å². The van der Waals surface area contributed by atoms with Crippen molar-refractivity contribution >= 4 is 22.9 Å². The van der Waals surface area contributed by atoms with Crippen LogP contribution in [-0.4, -0.2) is 22.1 Å². The lowest BCUT2D eigenvalue weighted by Crippen LogP contribution is -2.22. The van der Waals surface area contributed by atoms with Crippen molar-refractivity contribution in [2.24, 2.45) is 0 Å². The van der Waals surface area contributed by atoms with Gasteiger partial charge in [-0.25, -0.2) is 0 Å². The Morgan fingerprint density at radius 2 is 2.04 bits per heavy atom. The highest BCUT2D eigenvalue weighted by Gasteiger charge is 2.15. The quantitative estimate of drug-likeness (QED) is 0.617. The Balaban J connectivity index is 1.85. The highest BCUT2D eigenvalue weighted by atomic mass is 35.5. The molecule has 3 aromatic rings. The number of aromatic hydroxyl groups is 1. The summed E-state index contributed by atoms with van der Waals surface area (Å²) in [6.07, 6.45) is 1.81. The zero-order valence-electron chi connectivity index (χ0n) is 14.8. The summed E-state index contributed by atoms with van der Waals surface area (Å²) in [4.78, 5) is 8.09. The maximum Gasteiger partial charge on any atom is 0.176 e. The number of hydrogen-bond donors (Lipinski definition) is 1. The van der Waals surface area contributed by atoms with E-state index < -0.39 is 0 Å². The lowest BCUT2D eigenvalue weighted by Gasteiger charge is -2.22. The van der Waals surface area contributed by atoms with Crippen LogP contribution in [0.25, 0.3) is 0 Å². The topological polar surface area (TPSA) is 45.6 Å². The second-order valence-electron chi connectivity index (χ2n) is 6.12. The van der Waals surface area contributed by atoms with Gasteiger partial charge < -0.3 is 9.84 Å². The standard InChI is InChI=1S/C20H21ClN2O2S/c1-14-6-8-26-19(14)13-23(12-16-5-3-4-7-22-16)11-15-9-17(21)20(24)18(10-15)25-2/h3-10,24H,11-13H2,1-2H3. The first-order chi connectivity index (χ1) is 12.6. The number of halogens is 1. The lowest BCUT2D eigenvalue weighted by molar-refractivity contribution is 0.246. The number of phenolic OH excluding ortho intramolecular Hbond substituents is 1. The summed E-state index contributed by atoms with van der Waals surface area (Å²) < 4.78 is 5.23. The van der Waals surface area contributed by atoms with Crippen molar-refractivity contribution in [2.75, 3.05) is 7.11 Å². The van der Waals surface area contributed by atoms with Crippen LogP contribution in [0.4, 0.5) is 0 Å². The number of rotatable bonds is 7. The highest BCUT2D eigenvalue weighted by Crippen LogP contribution is 2.35. The summed E-state index contributed by atoms with van der Waals surface area (Å²) in [5.74, 6) is 0.362. The molecular formula is C20H21ClN2O2S. The molecule has 1 aromatic carbocycles. The number of pyridine rings is 1. The fourth-order valence-electron chi connectivity index (χ4n) is 2.79. The number of ether oxygens (including phenoxy) is 1. The van der Waals surface area contributed by atoms with Gasteiger partial charge in [-0.1, -0.05) is 17.7 Å². The molecule has 136 valence electrons. The van der Waals surface area contributed by atoms with Crippen LogP contribution >= 0.6 is 22.9 Å². The van der Waals surface area contributed by atoms with E-state index in [1.165, 1.54) is 17.6 Å². The van der Waals surface area contributed by atoms with Crippen molar-refractivity contribution in [3.8, 4) is 11.5 Å². The van der Waals surface area contributed by atoms with E-state index in [4.69, 9.17) is 16.3 Å². The van der Waals surface area contributed by atoms with Gasteiger partial charge in [-0.2, -0.15) is 0 Å². The van der Waals surface area contributed by atoms with Crippen molar-refractivity contribution in [2.45, 2.75) is 26.6 Å². The van der Waals surface area contributed by atoms with Gasteiger partial charge in [0, 0.05) is 30.7 Å². The predicted molar refractivity (Wildman–Crippen MR) is 106 cm³/mol. The Morgan fingerprint density at radius 1 is 1.19 bits per heavy atom. The third kappa shape index (κ3) is 4.55. The molecule has 4 nitrogen and oxygen atoms in total. The number of nitrogens with zero attached hydrogens (tertiary/aromatic N) is 2. The van der Waals surface area contributed by atoms with Crippen molar-refractivity contribution in [3.63, 3.8) is 0 Å². The lowest BCUT2D eigenvalue weighted by atomic mass is 10.1. The maximum atomic E-state index is 9.96. The van der Waals surface area contributed by atoms with Crippen LogP contribution in [0.1, 0.15) is 21.7 Å². The fraction of sp³-hybridized carbons (Fsp3) is 0.250. The Kier molecular flexibility index (Phi) is 6.14. The van der Waals surface area contributed by atoms with E-state index in [0.717, 1.165) is 24.3 Å². The average Bonchev–Trinajstić information content (AvgIpc) is 3.03. The highest BCUT2D eigenvalue weighted by molar-refractivity contribution is 7.10. The summed E-state index contributed by atoms with van der Waals surface area (Å²) in [6.45, 7) is 4.34. The monoisotopic (exact) mass is 388 g/mol. The molecule has 3 rings (SSSR count). The van der Waals surface area contributed by atoms with Gasteiger partial charge in [0.1, 0.15) is 0 Å². The molecule has 0 fully saturated rings. The second-order valence-corrected chi connectivity index (χ2v) is 7.53. The summed E-state index contributed by atoms with van der Waals surface area (Å²) in [5, 5.41) is 12.4. The number of aromatic nitrogens is 1. The number of phenols is 1. The molecule has 0 saturated heterocycles. The van der Waals surface area contributed by atoms with Crippen LogP contribution in [0, 0.1) is 6.92 Å².